The molecule has 3 aromatic carbocycles. The average molecular weight is 460 g/mol. The van der Waals surface area contributed by atoms with Gasteiger partial charge in [0, 0.05) is 5.56 Å². The van der Waals surface area contributed by atoms with Crippen molar-refractivity contribution in [1.82, 2.24) is 4.90 Å². The van der Waals surface area contributed by atoms with E-state index in [0.717, 1.165) is 34.2 Å². The van der Waals surface area contributed by atoms with Crippen LogP contribution in [0.2, 0.25) is 0 Å². The number of rotatable bonds is 8. The van der Waals surface area contributed by atoms with Crippen LogP contribution in [0.4, 0.5) is 4.79 Å². The highest BCUT2D eigenvalue weighted by Gasteiger charge is 2.35. The van der Waals surface area contributed by atoms with Gasteiger partial charge in [0.25, 0.3) is 11.1 Å². The molecule has 0 unspecified atom stereocenters. The normalized spacial score (nSPS) is 14.7. The molecule has 0 radical (unpaired) electrons. The van der Waals surface area contributed by atoms with Crippen LogP contribution in [0, 0.1) is 13.8 Å². The molecule has 0 atom stereocenters. The van der Waals surface area contributed by atoms with E-state index in [4.69, 9.17) is 9.47 Å². The Kier molecular flexibility index (Phi) is 7.15. The van der Waals surface area contributed by atoms with Crippen LogP contribution in [0.1, 0.15) is 22.3 Å². The van der Waals surface area contributed by atoms with Crippen LogP contribution in [0.5, 0.6) is 11.5 Å². The summed E-state index contributed by atoms with van der Waals surface area (Å²) in [7, 11) is 0. The summed E-state index contributed by atoms with van der Waals surface area (Å²) >= 11 is 0.953. The molecule has 4 rings (SSSR count). The van der Waals surface area contributed by atoms with Gasteiger partial charge in [-0.15, -0.1) is 0 Å². The fourth-order valence-electron chi connectivity index (χ4n) is 3.33. The van der Waals surface area contributed by atoms with Gasteiger partial charge in [0.1, 0.15) is 24.7 Å². The Bertz CT molecular complexity index is 1170. The van der Waals surface area contributed by atoms with Crippen molar-refractivity contribution in [3.8, 4) is 11.5 Å². The Hall–Kier alpha value is -3.51. The highest BCUT2D eigenvalue weighted by Crippen LogP contribution is 2.34. The number of nitrogens with zero attached hydrogens (tertiary/aromatic N) is 1. The molecule has 1 fully saturated rings. The van der Waals surface area contributed by atoms with Crippen molar-refractivity contribution < 1.29 is 19.1 Å². The van der Waals surface area contributed by atoms with E-state index in [-0.39, 0.29) is 17.7 Å². The summed E-state index contributed by atoms with van der Waals surface area (Å²) in [6.07, 6.45) is 1.72. The van der Waals surface area contributed by atoms with Gasteiger partial charge in [0.05, 0.1) is 11.4 Å². The monoisotopic (exact) mass is 459 g/mol. The fourth-order valence-corrected chi connectivity index (χ4v) is 4.16. The second kappa shape index (κ2) is 10.4. The minimum atomic E-state index is -0.289. The molecule has 6 heteroatoms. The van der Waals surface area contributed by atoms with Gasteiger partial charge in [-0.2, -0.15) is 0 Å². The average Bonchev–Trinajstić information content (AvgIpc) is 3.07. The Labute approximate surface area is 198 Å². The zero-order valence-electron chi connectivity index (χ0n) is 18.6. The lowest BCUT2D eigenvalue weighted by molar-refractivity contribution is -0.123. The number of carbonyl (C=O) groups excluding carboxylic acids is 2. The third-order valence-electron chi connectivity index (χ3n) is 5.17. The van der Waals surface area contributed by atoms with Crippen molar-refractivity contribution in [2.24, 2.45) is 0 Å². The third-order valence-corrected chi connectivity index (χ3v) is 6.08. The molecule has 1 aliphatic heterocycles. The molecule has 0 spiro atoms. The van der Waals surface area contributed by atoms with Crippen molar-refractivity contribution in [3.63, 3.8) is 0 Å². The topological polar surface area (TPSA) is 55.8 Å². The minimum absolute atomic E-state index is 0.261. The molecule has 0 bridgehead atoms. The van der Waals surface area contributed by atoms with Crippen molar-refractivity contribution in [2.45, 2.75) is 20.4 Å². The predicted molar refractivity (Wildman–Crippen MR) is 131 cm³/mol. The van der Waals surface area contributed by atoms with Gasteiger partial charge in [-0.05, 0) is 55.4 Å². The maximum Gasteiger partial charge on any atom is 0.293 e. The zero-order valence-corrected chi connectivity index (χ0v) is 19.4. The summed E-state index contributed by atoms with van der Waals surface area (Å²) in [6.45, 7) is 5.04. The second-order valence-corrected chi connectivity index (χ2v) is 8.79. The van der Waals surface area contributed by atoms with Crippen LogP contribution in [-0.2, 0) is 11.3 Å². The molecule has 33 heavy (non-hydrogen) atoms. The smallest absolute Gasteiger partial charge is 0.293 e. The molecule has 0 aliphatic carbocycles. The molecule has 3 aromatic rings. The van der Waals surface area contributed by atoms with E-state index < -0.39 is 0 Å². The van der Waals surface area contributed by atoms with Crippen LogP contribution in [0.15, 0.2) is 77.7 Å². The number of hydrogen-bond acceptors (Lipinski definition) is 5. The highest BCUT2D eigenvalue weighted by molar-refractivity contribution is 8.18. The zero-order chi connectivity index (χ0) is 23.2. The maximum absolute atomic E-state index is 12.9. The highest BCUT2D eigenvalue weighted by atomic mass is 32.2. The Morgan fingerprint density at radius 1 is 0.818 bits per heavy atom. The molecule has 0 aromatic heterocycles. The molecule has 5 nitrogen and oxygen atoms in total. The number of thioether (sulfide) groups is 1. The first kappa shape index (κ1) is 22.7. The molecular formula is C27H25NO4S. The SMILES string of the molecule is Cc1ccc(CN2C(=O)S/C(=C\c3ccccc3OCCOc3ccc(C)cc3)C2=O)cc1. The number of aryl methyl sites for hydroxylation is 2. The van der Waals surface area contributed by atoms with Gasteiger partial charge in [0.2, 0.25) is 0 Å². The molecular weight excluding hydrogens is 434 g/mol. The number of benzene rings is 3. The second-order valence-electron chi connectivity index (χ2n) is 7.80. The van der Waals surface area contributed by atoms with Gasteiger partial charge >= 0.3 is 0 Å². The van der Waals surface area contributed by atoms with Crippen LogP contribution >= 0.6 is 11.8 Å². The lowest BCUT2D eigenvalue weighted by Gasteiger charge is -2.13. The van der Waals surface area contributed by atoms with E-state index in [2.05, 4.69) is 0 Å². The van der Waals surface area contributed by atoms with Crippen molar-refractivity contribution in [2.75, 3.05) is 13.2 Å². The number of carbonyl (C=O) groups is 2. The van der Waals surface area contributed by atoms with Crippen LogP contribution in [0.25, 0.3) is 6.08 Å². The number of amides is 2. The maximum atomic E-state index is 12.9. The van der Waals surface area contributed by atoms with E-state index in [9.17, 15) is 9.59 Å². The number of para-hydroxylation sites is 1. The molecule has 0 N–H and O–H groups in total. The molecule has 0 saturated carbocycles. The van der Waals surface area contributed by atoms with Crippen molar-refractivity contribution in [1.29, 1.82) is 0 Å². The van der Waals surface area contributed by atoms with Gasteiger partial charge in [0.15, 0.2) is 0 Å². The molecule has 1 aliphatic rings. The van der Waals surface area contributed by atoms with E-state index in [1.54, 1.807) is 6.08 Å². The molecule has 2 amide bonds. The van der Waals surface area contributed by atoms with Crippen molar-refractivity contribution in [3.05, 3.63) is 100.0 Å². The molecule has 168 valence electrons. The van der Waals surface area contributed by atoms with Gasteiger partial charge in [-0.3, -0.25) is 14.5 Å². The number of hydrogen-bond donors (Lipinski definition) is 0. The summed E-state index contributed by atoms with van der Waals surface area (Å²) in [6, 6.07) is 23.1. The number of imide groups is 1. The van der Waals surface area contributed by atoms with E-state index in [1.807, 2.05) is 86.6 Å². The lowest BCUT2D eigenvalue weighted by Crippen LogP contribution is -2.27. The van der Waals surface area contributed by atoms with Crippen LogP contribution in [-0.4, -0.2) is 29.3 Å². The largest absolute Gasteiger partial charge is 0.490 e. The van der Waals surface area contributed by atoms with E-state index >= 15 is 0 Å². The van der Waals surface area contributed by atoms with Gasteiger partial charge in [-0.1, -0.05) is 65.7 Å². The van der Waals surface area contributed by atoms with E-state index in [0.29, 0.717) is 23.9 Å². The first-order chi connectivity index (χ1) is 16.0. The quantitative estimate of drug-likeness (QED) is 0.306. The Morgan fingerprint density at radius 3 is 2.18 bits per heavy atom. The summed E-state index contributed by atoms with van der Waals surface area (Å²) in [5, 5.41) is -0.267. The summed E-state index contributed by atoms with van der Waals surface area (Å²) < 4.78 is 11.6. The first-order valence-corrected chi connectivity index (χ1v) is 11.5. The molecule has 1 saturated heterocycles. The Morgan fingerprint density at radius 2 is 1.45 bits per heavy atom. The van der Waals surface area contributed by atoms with Crippen LogP contribution < -0.4 is 9.47 Å². The summed E-state index contributed by atoms with van der Waals surface area (Å²) in [5.74, 6) is 1.14. The van der Waals surface area contributed by atoms with Crippen molar-refractivity contribution >= 4 is 29.0 Å². The first-order valence-electron chi connectivity index (χ1n) is 10.7. The predicted octanol–water partition coefficient (Wildman–Crippen LogP) is 6.00. The number of ether oxygens (including phenoxy) is 2. The Balaban J connectivity index is 1.40. The van der Waals surface area contributed by atoms with Gasteiger partial charge in [-0.25, -0.2) is 0 Å². The molecule has 1 heterocycles. The third kappa shape index (κ3) is 5.84. The minimum Gasteiger partial charge on any atom is -0.490 e. The summed E-state index contributed by atoms with van der Waals surface area (Å²) in [5.41, 5.74) is 3.97. The fraction of sp³-hybridized carbons (Fsp3) is 0.185. The standard InChI is InChI=1S/C27H25NO4S/c1-19-7-11-21(12-8-19)18-28-26(29)25(33-27(28)30)17-22-5-3-4-6-24(22)32-16-15-31-23-13-9-20(2)10-14-23/h3-14,17H,15-16,18H2,1-2H3/b25-17-. The summed E-state index contributed by atoms with van der Waals surface area (Å²) in [4.78, 5) is 27.1. The van der Waals surface area contributed by atoms with Crippen LogP contribution in [0.3, 0.4) is 0 Å². The van der Waals surface area contributed by atoms with E-state index in [1.165, 1.54) is 10.5 Å². The van der Waals surface area contributed by atoms with Gasteiger partial charge < -0.3 is 9.47 Å². The lowest BCUT2D eigenvalue weighted by atomic mass is 10.1.